The average Bonchev–Trinajstić information content (AvgIpc) is 2.94. The average molecular weight is 196 g/mol. The first kappa shape index (κ1) is 10.4. The van der Waals surface area contributed by atoms with E-state index in [4.69, 9.17) is 0 Å². The molecule has 2 nitrogen and oxygen atoms in total. The molecule has 2 fully saturated rings. The molecule has 0 aromatic carbocycles. The quantitative estimate of drug-likeness (QED) is 0.725. The zero-order valence-corrected chi connectivity index (χ0v) is 9.63. The Morgan fingerprint density at radius 2 is 2.00 bits per heavy atom. The molecule has 0 aromatic rings. The zero-order valence-electron chi connectivity index (χ0n) is 9.63. The van der Waals surface area contributed by atoms with Crippen molar-refractivity contribution in [2.24, 2.45) is 5.92 Å². The van der Waals surface area contributed by atoms with Crippen LogP contribution < -0.4 is 5.32 Å². The van der Waals surface area contributed by atoms with Gasteiger partial charge in [0.2, 0.25) is 0 Å². The molecular formula is C12H24N2. The first-order valence-electron chi connectivity index (χ1n) is 6.25. The topological polar surface area (TPSA) is 15.3 Å². The van der Waals surface area contributed by atoms with E-state index in [1.54, 1.807) is 0 Å². The van der Waals surface area contributed by atoms with E-state index in [1.165, 1.54) is 45.3 Å². The number of hydrogen-bond donors (Lipinski definition) is 1. The summed E-state index contributed by atoms with van der Waals surface area (Å²) in [5.74, 6) is 1.03. The lowest BCUT2D eigenvalue weighted by atomic mass is 10.1. The summed E-state index contributed by atoms with van der Waals surface area (Å²) < 4.78 is 0. The van der Waals surface area contributed by atoms with E-state index in [0.717, 1.165) is 12.0 Å². The predicted molar refractivity (Wildman–Crippen MR) is 60.5 cm³/mol. The van der Waals surface area contributed by atoms with Gasteiger partial charge in [-0.2, -0.15) is 0 Å². The lowest BCUT2D eigenvalue weighted by Gasteiger charge is -2.32. The van der Waals surface area contributed by atoms with Gasteiger partial charge in [0.15, 0.2) is 0 Å². The zero-order chi connectivity index (χ0) is 9.97. The molecule has 0 amide bonds. The normalized spacial score (nSPS) is 33.4. The molecule has 1 saturated carbocycles. The molecule has 2 unspecified atom stereocenters. The van der Waals surface area contributed by atoms with Crippen LogP contribution in [0, 0.1) is 5.92 Å². The summed E-state index contributed by atoms with van der Waals surface area (Å²) in [6, 6.07) is 1.56. The Morgan fingerprint density at radius 3 is 2.71 bits per heavy atom. The maximum atomic E-state index is 3.56. The Balaban J connectivity index is 1.82. The molecule has 2 rings (SSSR count). The fraction of sp³-hybridized carbons (Fsp3) is 1.00. The molecule has 1 aliphatic carbocycles. The van der Waals surface area contributed by atoms with E-state index in [-0.39, 0.29) is 0 Å². The summed E-state index contributed by atoms with van der Waals surface area (Å²) in [4.78, 5) is 2.72. The highest BCUT2D eigenvalue weighted by atomic mass is 15.2. The SMILES string of the molecule is CC1CCN(C(C)C2CC2)CCCN1. The third kappa shape index (κ3) is 2.71. The van der Waals surface area contributed by atoms with Gasteiger partial charge in [0.1, 0.15) is 0 Å². The molecule has 0 bridgehead atoms. The van der Waals surface area contributed by atoms with Gasteiger partial charge in [-0.1, -0.05) is 0 Å². The van der Waals surface area contributed by atoms with Gasteiger partial charge in [-0.3, -0.25) is 0 Å². The summed E-state index contributed by atoms with van der Waals surface area (Å²) in [7, 11) is 0. The third-order valence-corrected chi connectivity index (χ3v) is 3.84. The van der Waals surface area contributed by atoms with Gasteiger partial charge in [-0.05, 0) is 65.1 Å². The number of hydrogen-bond acceptors (Lipinski definition) is 2. The monoisotopic (exact) mass is 196 g/mol. The van der Waals surface area contributed by atoms with Crippen LogP contribution in [0.15, 0.2) is 0 Å². The molecular weight excluding hydrogens is 172 g/mol. The van der Waals surface area contributed by atoms with Crippen LogP contribution in [0.1, 0.15) is 39.5 Å². The standard InChI is InChI=1S/C12H24N2/c1-10-6-9-14(8-3-7-13-10)11(2)12-4-5-12/h10-13H,3-9H2,1-2H3. The smallest absolute Gasteiger partial charge is 0.00952 e. The molecule has 2 atom stereocenters. The van der Waals surface area contributed by atoms with Crippen LogP contribution in [0.4, 0.5) is 0 Å². The van der Waals surface area contributed by atoms with Crippen molar-refractivity contribution in [3.05, 3.63) is 0 Å². The number of rotatable bonds is 2. The number of nitrogens with zero attached hydrogens (tertiary/aromatic N) is 1. The second-order valence-electron chi connectivity index (χ2n) is 5.11. The maximum Gasteiger partial charge on any atom is 0.00952 e. The van der Waals surface area contributed by atoms with Crippen LogP contribution in [-0.2, 0) is 0 Å². The maximum absolute atomic E-state index is 3.56. The van der Waals surface area contributed by atoms with Crippen LogP contribution in [0.2, 0.25) is 0 Å². The van der Waals surface area contributed by atoms with Crippen molar-refractivity contribution in [1.29, 1.82) is 0 Å². The molecule has 14 heavy (non-hydrogen) atoms. The van der Waals surface area contributed by atoms with Crippen LogP contribution in [0.3, 0.4) is 0 Å². The minimum atomic E-state index is 0.712. The van der Waals surface area contributed by atoms with E-state index in [1.807, 2.05) is 0 Å². The third-order valence-electron chi connectivity index (χ3n) is 3.84. The van der Waals surface area contributed by atoms with Crippen molar-refractivity contribution in [3.63, 3.8) is 0 Å². The van der Waals surface area contributed by atoms with Crippen molar-refractivity contribution in [3.8, 4) is 0 Å². The first-order chi connectivity index (χ1) is 6.77. The number of nitrogens with one attached hydrogen (secondary N) is 1. The van der Waals surface area contributed by atoms with Crippen molar-refractivity contribution < 1.29 is 0 Å². The fourth-order valence-electron chi connectivity index (χ4n) is 2.49. The minimum Gasteiger partial charge on any atom is -0.314 e. The van der Waals surface area contributed by atoms with Gasteiger partial charge in [0.05, 0.1) is 0 Å². The second-order valence-corrected chi connectivity index (χ2v) is 5.11. The Labute approximate surface area is 88.1 Å². The summed E-state index contributed by atoms with van der Waals surface area (Å²) in [6.07, 6.45) is 5.59. The summed E-state index contributed by atoms with van der Waals surface area (Å²) >= 11 is 0. The molecule has 1 N–H and O–H groups in total. The Bertz CT molecular complexity index is 177. The van der Waals surface area contributed by atoms with Crippen LogP contribution in [0.5, 0.6) is 0 Å². The van der Waals surface area contributed by atoms with Gasteiger partial charge < -0.3 is 10.2 Å². The Morgan fingerprint density at radius 1 is 1.21 bits per heavy atom. The summed E-state index contributed by atoms with van der Waals surface area (Å²) in [5.41, 5.74) is 0. The second kappa shape index (κ2) is 4.63. The molecule has 0 spiro atoms. The van der Waals surface area contributed by atoms with Crippen molar-refractivity contribution in [1.82, 2.24) is 10.2 Å². The minimum absolute atomic E-state index is 0.712. The van der Waals surface area contributed by atoms with Crippen LogP contribution in [-0.4, -0.2) is 36.6 Å². The van der Waals surface area contributed by atoms with Gasteiger partial charge >= 0.3 is 0 Å². The molecule has 1 aliphatic heterocycles. The van der Waals surface area contributed by atoms with Gasteiger partial charge in [-0.25, -0.2) is 0 Å². The Hall–Kier alpha value is -0.0800. The van der Waals surface area contributed by atoms with E-state index < -0.39 is 0 Å². The highest BCUT2D eigenvalue weighted by molar-refractivity contribution is 4.86. The van der Waals surface area contributed by atoms with Crippen molar-refractivity contribution in [2.45, 2.75) is 51.6 Å². The van der Waals surface area contributed by atoms with E-state index in [0.29, 0.717) is 6.04 Å². The van der Waals surface area contributed by atoms with E-state index in [2.05, 4.69) is 24.1 Å². The highest BCUT2D eigenvalue weighted by Crippen LogP contribution is 2.35. The molecule has 0 radical (unpaired) electrons. The molecule has 2 aliphatic rings. The Kier molecular flexibility index (Phi) is 3.45. The lowest BCUT2D eigenvalue weighted by Crippen LogP contribution is -2.43. The molecule has 82 valence electrons. The van der Waals surface area contributed by atoms with E-state index >= 15 is 0 Å². The fourth-order valence-corrected chi connectivity index (χ4v) is 2.49. The molecule has 1 saturated heterocycles. The van der Waals surface area contributed by atoms with E-state index in [9.17, 15) is 0 Å². The van der Waals surface area contributed by atoms with Gasteiger partial charge in [-0.15, -0.1) is 0 Å². The van der Waals surface area contributed by atoms with Crippen molar-refractivity contribution >= 4 is 0 Å². The summed E-state index contributed by atoms with van der Waals surface area (Å²) in [6.45, 7) is 8.54. The molecule has 2 heteroatoms. The van der Waals surface area contributed by atoms with Gasteiger partial charge in [0, 0.05) is 12.1 Å². The van der Waals surface area contributed by atoms with Crippen LogP contribution >= 0.6 is 0 Å². The first-order valence-corrected chi connectivity index (χ1v) is 6.25. The van der Waals surface area contributed by atoms with Crippen molar-refractivity contribution in [2.75, 3.05) is 19.6 Å². The highest BCUT2D eigenvalue weighted by Gasteiger charge is 2.31. The predicted octanol–water partition coefficient (Wildman–Crippen LogP) is 1.86. The molecule has 1 heterocycles. The van der Waals surface area contributed by atoms with Crippen LogP contribution in [0.25, 0.3) is 0 Å². The largest absolute Gasteiger partial charge is 0.314 e. The van der Waals surface area contributed by atoms with Gasteiger partial charge in [0.25, 0.3) is 0 Å². The molecule has 0 aromatic heterocycles. The lowest BCUT2D eigenvalue weighted by molar-refractivity contribution is 0.168. The summed E-state index contributed by atoms with van der Waals surface area (Å²) in [5, 5.41) is 3.56.